The van der Waals surface area contributed by atoms with Crippen LogP contribution < -0.4 is 32.3 Å². The molecule has 0 saturated carbocycles. The lowest BCUT2D eigenvalue weighted by Gasteiger charge is -2.25. The molecule has 2 aliphatic heterocycles. The smallest absolute Gasteiger partial charge is 0.340 e. The molecule has 3 aromatic rings. The van der Waals surface area contributed by atoms with Crippen molar-refractivity contribution in [2.75, 3.05) is 52.7 Å². The van der Waals surface area contributed by atoms with Crippen LogP contribution in [-0.4, -0.2) is 133 Å². The number of aliphatic hydroxyl groups is 1. The molecule has 2 unspecified atom stereocenters. The Balaban J connectivity index is 0.000000344. The zero-order valence-electron chi connectivity index (χ0n) is 45.7. The van der Waals surface area contributed by atoms with Crippen molar-refractivity contribution in [2.45, 2.75) is 106 Å². The third-order valence-corrected chi connectivity index (χ3v) is 12.2. The SMILES string of the molecule is CC.CC.CCc1c(C2=CC3=C(COC(=O)C3O)C(=O)C(C)C2)nc2cc(F)c(C)c3c2c1CCC3.Cc1ccccc1.NC(=O)CCOCNC(=O)CNC(=O)CNC(=O)CNC(=O)CNC(=O)CCN1C(=O)C=CC1=O. The van der Waals surface area contributed by atoms with Gasteiger partial charge in [0.1, 0.15) is 19.2 Å². The summed E-state index contributed by atoms with van der Waals surface area (Å²) < 4.78 is 24.6. The quantitative estimate of drug-likeness (QED) is 0.0417. The fraction of sp³-hybridized carbons (Fsp3) is 0.446. The maximum Gasteiger partial charge on any atom is 0.340 e. The van der Waals surface area contributed by atoms with E-state index in [9.17, 15) is 57.4 Å². The molecule has 1 aromatic heterocycles. The van der Waals surface area contributed by atoms with Crippen LogP contribution in [0, 0.1) is 25.6 Å². The number of primary amides is 1. The fourth-order valence-electron chi connectivity index (χ4n) is 8.31. The Labute approximate surface area is 453 Å². The first-order chi connectivity index (χ1) is 37.3. The molecule has 422 valence electrons. The number of nitrogens with zero attached hydrogens (tertiary/aromatic N) is 2. The number of esters is 1. The van der Waals surface area contributed by atoms with Gasteiger partial charge in [0, 0.05) is 60.1 Å². The van der Waals surface area contributed by atoms with Gasteiger partial charge in [0.05, 0.1) is 44.0 Å². The number of ketones is 1. The summed E-state index contributed by atoms with van der Waals surface area (Å²) in [5, 5.41) is 22.9. The minimum absolute atomic E-state index is 0.00465. The van der Waals surface area contributed by atoms with Gasteiger partial charge in [-0.05, 0) is 79.9 Å². The molecule has 2 aromatic carbocycles. The zero-order chi connectivity index (χ0) is 58.1. The lowest BCUT2D eigenvalue weighted by Crippen LogP contribution is -2.46. The molecule has 0 saturated heterocycles. The molecule has 7 rings (SSSR count). The summed E-state index contributed by atoms with van der Waals surface area (Å²) in [5.41, 5.74) is 13.1. The van der Waals surface area contributed by atoms with Gasteiger partial charge in [-0.2, -0.15) is 0 Å². The first-order valence-corrected chi connectivity index (χ1v) is 26.0. The van der Waals surface area contributed by atoms with Gasteiger partial charge in [-0.1, -0.05) is 77.4 Å². The van der Waals surface area contributed by atoms with Crippen LogP contribution in [0.3, 0.4) is 0 Å². The number of ether oxygens (including phenoxy) is 2. The van der Waals surface area contributed by atoms with Gasteiger partial charge in [0.25, 0.3) is 11.8 Å². The molecular weight excluding hydrogens is 1010 g/mol. The lowest BCUT2D eigenvalue weighted by atomic mass is 9.82. The molecule has 78 heavy (non-hydrogen) atoms. The average molecular weight is 1090 g/mol. The number of aryl methyl sites for hydroxylation is 3. The Kier molecular flexibility index (Phi) is 26.9. The number of rotatable bonds is 18. The van der Waals surface area contributed by atoms with E-state index >= 15 is 0 Å². The van der Waals surface area contributed by atoms with Crippen LogP contribution >= 0.6 is 0 Å². The molecule has 22 heteroatoms. The van der Waals surface area contributed by atoms with Gasteiger partial charge in [-0.25, -0.2) is 14.2 Å². The van der Waals surface area contributed by atoms with Crippen LogP contribution in [0.25, 0.3) is 16.5 Å². The molecule has 0 radical (unpaired) electrons. The number of hydrogen-bond donors (Lipinski definition) is 7. The normalized spacial score (nSPS) is 15.9. The summed E-state index contributed by atoms with van der Waals surface area (Å²) in [7, 11) is 0. The zero-order valence-corrected chi connectivity index (χ0v) is 45.7. The molecule has 4 aliphatic rings. The third kappa shape index (κ3) is 18.9. The second kappa shape index (κ2) is 32.6. The first kappa shape index (κ1) is 64.3. The Morgan fingerprint density at radius 2 is 1.36 bits per heavy atom. The Bertz CT molecular complexity index is 2780. The standard InChI is InChI=1S/C26H26FNO4.C19H27N7O9.C7H8.2C2H6/c1-4-15-17-7-5-6-16-13(3)20(27)10-21(22(16)17)28-23(15)14-8-12(2)24(29)19-11-32-26(31)25(30)18(19)9-14;20-12(27)4-6-35-11-25-17(32)10-24-16(31)9-23-15(30)8-22-14(29)7-21-13(28)3-5-26-18(33)1-2-19(26)34;1-7-5-3-2-4-6-7;2*1-2/h9-10,12,25,30H,4-8,11H2,1-3H3;1-2H,3-11H2,(H2,20,27)(H,21,28)(H,22,29)(H,23,30)(H,24,31)(H,25,32);2-6H,1H3;2*1-2H3. The van der Waals surface area contributed by atoms with Crippen LogP contribution in [0.2, 0.25) is 0 Å². The van der Waals surface area contributed by atoms with Crippen LogP contribution in [0.1, 0.15) is 101 Å². The number of aliphatic hydroxyl groups excluding tert-OH is 1. The molecular formula is C56H73FN8O13. The number of aromatic nitrogens is 1. The molecule has 2 atom stereocenters. The number of allylic oxidation sites excluding steroid dienone is 1. The average Bonchev–Trinajstić information content (AvgIpc) is 3.85. The highest BCUT2D eigenvalue weighted by Gasteiger charge is 2.37. The first-order valence-electron chi connectivity index (χ1n) is 26.0. The van der Waals surface area contributed by atoms with Crippen molar-refractivity contribution in [3.05, 3.63) is 105 Å². The molecule has 8 amide bonds. The molecule has 0 fully saturated rings. The molecule has 8 N–H and O–H groups in total. The number of Topliss-reactive ketones (excluding diaryl/α,β-unsaturated/α-hetero) is 1. The lowest BCUT2D eigenvalue weighted by molar-refractivity contribution is -0.152. The maximum absolute atomic E-state index is 14.7. The Hall–Kier alpha value is -7.98. The van der Waals surface area contributed by atoms with E-state index in [4.69, 9.17) is 20.2 Å². The van der Waals surface area contributed by atoms with Crippen LogP contribution in [0.4, 0.5) is 4.39 Å². The van der Waals surface area contributed by atoms with Crippen LogP contribution in [0.15, 0.2) is 65.8 Å². The number of halogens is 1. The molecule has 21 nitrogen and oxygen atoms in total. The minimum Gasteiger partial charge on any atom is -0.458 e. The number of amides is 8. The number of nitrogens with two attached hydrogens (primary N) is 1. The number of nitrogens with one attached hydrogen (secondary N) is 5. The number of benzene rings is 2. The van der Waals surface area contributed by atoms with Gasteiger partial charge in [-0.15, -0.1) is 0 Å². The van der Waals surface area contributed by atoms with Crippen LogP contribution in [0.5, 0.6) is 0 Å². The number of cyclic esters (lactones) is 1. The van der Waals surface area contributed by atoms with Gasteiger partial charge in [0.15, 0.2) is 11.9 Å². The Morgan fingerprint density at radius 1 is 0.808 bits per heavy atom. The highest BCUT2D eigenvalue weighted by atomic mass is 19.1. The van der Waals surface area contributed by atoms with E-state index in [0.717, 1.165) is 70.5 Å². The summed E-state index contributed by atoms with van der Waals surface area (Å²) in [6, 6.07) is 11.8. The number of hydrogen-bond acceptors (Lipinski definition) is 14. The number of pyridine rings is 1. The maximum atomic E-state index is 14.7. The largest absolute Gasteiger partial charge is 0.458 e. The van der Waals surface area contributed by atoms with E-state index in [2.05, 4.69) is 52.6 Å². The van der Waals surface area contributed by atoms with Crippen molar-refractivity contribution in [3.63, 3.8) is 0 Å². The summed E-state index contributed by atoms with van der Waals surface area (Å²) >= 11 is 0. The monoisotopic (exact) mass is 1080 g/mol. The highest BCUT2D eigenvalue weighted by molar-refractivity contribution is 6.13. The third-order valence-electron chi connectivity index (χ3n) is 12.2. The molecule has 3 heterocycles. The summed E-state index contributed by atoms with van der Waals surface area (Å²) in [6.45, 7) is 13.7. The highest BCUT2D eigenvalue weighted by Crippen LogP contribution is 2.40. The van der Waals surface area contributed by atoms with Crippen molar-refractivity contribution in [2.24, 2.45) is 11.7 Å². The number of carbonyl (C=O) groups excluding carboxylic acids is 10. The topological polar surface area (TPSA) is 312 Å². The van der Waals surface area contributed by atoms with Crippen molar-refractivity contribution in [1.82, 2.24) is 36.5 Å². The van der Waals surface area contributed by atoms with Crippen LogP contribution in [-0.2, 0) is 76.7 Å². The molecule has 0 bridgehead atoms. The molecule has 0 spiro atoms. The molecule has 2 aliphatic carbocycles. The van der Waals surface area contributed by atoms with Gasteiger partial charge in [-0.3, -0.25) is 48.1 Å². The van der Waals surface area contributed by atoms with E-state index < -0.39 is 79.0 Å². The number of imide groups is 1. The second-order valence-corrected chi connectivity index (χ2v) is 17.6. The predicted octanol–water partition coefficient (Wildman–Crippen LogP) is 2.72. The summed E-state index contributed by atoms with van der Waals surface area (Å²) in [5.74, 6) is -6.22. The van der Waals surface area contributed by atoms with Gasteiger partial charge >= 0.3 is 5.97 Å². The van der Waals surface area contributed by atoms with Crippen molar-refractivity contribution >= 4 is 75.5 Å². The van der Waals surface area contributed by atoms with E-state index in [1.807, 2.05) is 59.7 Å². The van der Waals surface area contributed by atoms with E-state index in [1.165, 1.54) is 17.2 Å². The van der Waals surface area contributed by atoms with E-state index in [-0.39, 0.29) is 63.4 Å². The summed E-state index contributed by atoms with van der Waals surface area (Å²) in [6.07, 6.45) is 6.13. The van der Waals surface area contributed by atoms with Gasteiger partial charge < -0.3 is 46.9 Å². The van der Waals surface area contributed by atoms with Crippen molar-refractivity contribution in [3.8, 4) is 0 Å². The second-order valence-electron chi connectivity index (χ2n) is 17.6. The number of carbonyl (C=O) groups is 10. The summed E-state index contributed by atoms with van der Waals surface area (Å²) in [4.78, 5) is 122. The predicted molar refractivity (Wildman–Crippen MR) is 288 cm³/mol. The van der Waals surface area contributed by atoms with Crippen molar-refractivity contribution < 1.29 is 66.9 Å². The minimum atomic E-state index is -1.49. The Morgan fingerprint density at radius 3 is 1.90 bits per heavy atom. The van der Waals surface area contributed by atoms with Gasteiger partial charge in [0.2, 0.25) is 35.4 Å². The van der Waals surface area contributed by atoms with Crippen molar-refractivity contribution in [1.29, 1.82) is 0 Å². The fourth-order valence-corrected chi connectivity index (χ4v) is 8.31. The van der Waals surface area contributed by atoms with E-state index in [1.54, 1.807) is 6.08 Å². The van der Waals surface area contributed by atoms with E-state index in [0.29, 0.717) is 28.6 Å².